The normalized spacial score (nSPS) is 20.5. The second kappa shape index (κ2) is 3.97. The number of nitrogen functional groups attached to an aromatic ring is 1. The van der Waals surface area contributed by atoms with Crippen molar-refractivity contribution in [2.24, 2.45) is 5.41 Å². The molecule has 3 rings (SSSR count). The van der Waals surface area contributed by atoms with Gasteiger partial charge >= 0.3 is 0 Å². The molecular weight excluding hydrogens is 265 g/mol. The highest BCUT2D eigenvalue weighted by Gasteiger charge is 2.49. The first kappa shape index (κ1) is 12.5. The van der Waals surface area contributed by atoms with Gasteiger partial charge in [-0.05, 0) is 24.0 Å². The Morgan fingerprint density at radius 3 is 2.68 bits per heavy atom. The third kappa shape index (κ3) is 1.91. The zero-order valence-corrected chi connectivity index (χ0v) is 11.6. The second-order valence-electron chi connectivity index (χ2n) is 5.74. The second-order valence-corrected chi connectivity index (χ2v) is 6.15. The fourth-order valence-electron chi connectivity index (χ4n) is 2.58. The number of nitrogens with zero attached hydrogens (tertiary/aromatic N) is 1. The van der Waals surface area contributed by atoms with E-state index >= 15 is 0 Å². The monoisotopic (exact) mass is 279 g/mol. The Kier molecular flexibility index (Phi) is 2.61. The highest BCUT2D eigenvalue weighted by Crippen LogP contribution is 2.60. The van der Waals surface area contributed by atoms with Gasteiger partial charge in [-0.25, -0.2) is 4.39 Å². The lowest BCUT2D eigenvalue weighted by atomic mass is 9.99. The number of halogens is 2. The SMILES string of the molecule is CC1(C)CC1c1[nH]nc(N)c1-c1c(F)cccc1Cl. The van der Waals surface area contributed by atoms with Crippen molar-refractivity contribution in [3.63, 3.8) is 0 Å². The van der Waals surface area contributed by atoms with Gasteiger partial charge in [0.1, 0.15) is 5.82 Å². The van der Waals surface area contributed by atoms with E-state index in [1.165, 1.54) is 6.07 Å². The van der Waals surface area contributed by atoms with Crippen LogP contribution in [0.4, 0.5) is 10.2 Å². The highest BCUT2D eigenvalue weighted by atomic mass is 35.5. The Labute approximate surface area is 116 Å². The summed E-state index contributed by atoms with van der Waals surface area (Å²) in [6.45, 7) is 4.34. The number of anilines is 1. The summed E-state index contributed by atoms with van der Waals surface area (Å²) < 4.78 is 14.1. The molecule has 0 bridgehead atoms. The third-order valence-electron chi connectivity index (χ3n) is 3.90. The maximum absolute atomic E-state index is 14.1. The number of nitrogens with one attached hydrogen (secondary N) is 1. The standard InChI is InChI=1S/C14H15ClFN3/c1-14(2)6-7(14)12-11(13(17)19-18-12)10-8(15)4-3-5-9(10)16/h3-5,7H,6H2,1-2H3,(H3,17,18,19). The van der Waals surface area contributed by atoms with Gasteiger partial charge in [-0.1, -0.05) is 31.5 Å². The molecule has 1 heterocycles. The molecule has 0 spiro atoms. The predicted molar refractivity (Wildman–Crippen MR) is 74.5 cm³/mol. The van der Waals surface area contributed by atoms with Crippen molar-refractivity contribution in [2.75, 3.05) is 5.73 Å². The molecule has 1 unspecified atom stereocenters. The Morgan fingerprint density at radius 1 is 1.42 bits per heavy atom. The summed E-state index contributed by atoms with van der Waals surface area (Å²) in [4.78, 5) is 0. The number of H-pyrrole nitrogens is 1. The topological polar surface area (TPSA) is 54.7 Å². The molecule has 1 atom stereocenters. The molecule has 1 aromatic heterocycles. The zero-order chi connectivity index (χ0) is 13.8. The average Bonchev–Trinajstić information content (AvgIpc) is 2.78. The summed E-state index contributed by atoms with van der Waals surface area (Å²) in [5.74, 6) is 0.243. The molecule has 0 amide bonds. The van der Waals surface area contributed by atoms with Crippen LogP contribution < -0.4 is 5.73 Å². The molecule has 5 heteroatoms. The van der Waals surface area contributed by atoms with Gasteiger partial charge < -0.3 is 5.73 Å². The molecule has 100 valence electrons. The van der Waals surface area contributed by atoms with Crippen LogP contribution >= 0.6 is 11.6 Å². The van der Waals surface area contributed by atoms with Gasteiger partial charge in [0, 0.05) is 17.2 Å². The zero-order valence-electron chi connectivity index (χ0n) is 10.8. The molecule has 0 saturated heterocycles. The van der Waals surface area contributed by atoms with Crippen LogP contribution in [0.1, 0.15) is 31.9 Å². The number of rotatable bonds is 2. The minimum Gasteiger partial charge on any atom is -0.382 e. The lowest BCUT2D eigenvalue weighted by molar-refractivity contribution is 0.614. The van der Waals surface area contributed by atoms with Crippen LogP contribution in [0.25, 0.3) is 11.1 Å². The van der Waals surface area contributed by atoms with Crippen LogP contribution in [0.2, 0.25) is 5.02 Å². The Morgan fingerprint density at radius 2 is 2.11 bits per heavy atom. The van der Waals surface area contributed by atoms with Gasteiger partial charge in [-0.3, -0.25) is 5.10 Å². The summed E-state index contributed by atoms with van der Waals surface area (Å²) >= 11 is 6.12. The van der Waals surface area contributed by atoms with E-state index in [9.17, 15) is 4.39 Å². The van der Waals surface area contributed by atoms with E-state index in [1.54, 1.807) is 12.1 Å². The van der Waals surface area contributed by atoms with Gasteiger partial charge in [0.05, 0.1) is 10.6 Å². The molecule has 1 aromatic carbocycles. The van der Waals surface area contributed by atoms with Crippen LogP contribution in [-0.2, 0) is 0 Å². The smallest absolute Gasteiger partial charge is 0.153 e. The van der Waals surface area contributed by atoms with Gasteiger partial charge in [-0.15, -0.1) is 0 Å². The average molecular weight is 280 g/mol. The molecule has 1 fully saturated rings. The molecule has 1 aliphatic rings. The number of aromatic nitrogens is 2. The Balaban J connectivity index is 2.18. The Bertz CT molecular complexity index is 628. The van der Waals surface area contributed by atoms with Gasteiger partial charge in [-0.2, -0.15) is 5.10 Å². The maximum Gasteiger partial charge on any atom is 0.153 e. The number of aromatic amines is 1. The van der Waals surface area contributed by atoms with Crippen LogP contribution in [0, 0.1) is 11.2 Å². The van der Waals surface area contributed by atoms with Crippen LogP contribution in [0.3, 0.4) is 0 Å². The number of nitrogens with two attached hydrogens (primary N) is 1. The maximum atomic E-state index is 14.1. The molecule has 1 saturated carbocycles. The molecule has 3 nitrogen and oxygen atoms in total. The van der Waals surface area contributed by atoms with Crippen molar-refractivity contribution >= 4 is 17.4 Å². The largest absolute Gasteiger partial charge is 0.382 e. The lowest BCUT2D eigenvalue weighted by Gasteiger charge is -2.09. The fraction of sp³-hybridized carbons (Fsp3) is 0.357. The minimum absolute atomic E-state index is 0.200. The van der Waals surface area contributed by atoms with Crippen molar-refractivity contribution in [1.82, 2.24) is 10.2 Å². The number of benzene rings is 1. The third-order valence-corrected chi connectivity index (χ3v) is 4.21. The van der Waals surface area contributed by atoms with E-state index in [2.05, 4.69) is 24.0 Å². The van der Waals surface area contributed by atoms with Crippen molar-refractivity contribution in [2.45, 2.75) is 26.2 Å². The molecule has 2 aromatic rings. The highest BCUT2D eigenvalue weighted by molar-refractivity contribution is 6.33. The summed E-state index contributed by atoms with van der Waals surface area (Å²) in [7, 11) is 0. The van der Waals surface area contributed by atoms with Crippen LogP contribution in [0.5, 0.6) is 0 Å². The van der Waals surface area contributed by atoms with Gasteiger partial charge in [0.25, 0.3) is 0 Å². The molecule has 1 aliphatic carbocycles. The van der Waals surface area contributed by atoms with Crippen LogP contribution in [-0.4, -0.2) is 10.2 Å². The van der Waals surface area contributed by atoms with E-state index in [4.69, 9.17) is 17.3 Å². The minimum atomic E-state index is -0.375. The first-order valence-corrected chi connectivity index (χ1v) is 6.57. The van der Waals surface area contributed by atoms with Crippen LogP contribution in [0.15, 0.2) is 18.2 Å². The van der Waals surface area contributed by atoms with Crippen molar-refractivity contribution < 1.29 is 4.39 Å². The molecule has 19 heavy (non-hydrogen) atoms. The summed E-state index contributed by atoms with van der Waals surface area (Å²) in [5, 5.41) is 7.33. The quantitative estimate of drug-likeness (QED) is 0.874. The van der Waals surface area contributed by atoms with E-state index < -0.39 is 0 Å². The van der Waals surface area contributed by atoms with Gasteiger partial charge in [0.2, 0.25) is 0 Å². The van der Waals surface area contributed by atoms with E-state index in [1.807, 2.05) is 0 Å². The molecule has 3 N–H and O–H groups in total. The van der Waals surface area contributed by atoms with Gasteiger partial charge in [0.15, 0.2) is 5.82 Å². The van der Waals surface area contributed by atoms with Crippen molar-refractivity contribution in [3.8, 4) is 11.1 Å². The number of hydrogen-bond donors (Lipinski definition) is 2. The first-order chi connectivity index (χ1) is 8.92. The lowest BCUT2D eigenvalue weighted by Crippen LogP contribution is -1.96. The van der Waals surface area contributed by atoms with Crippen molar-refractivity contribution in [1.29, 1.82) is 0 Å². The molecule has 0 aliphatic heterocycles. The van der Waals surface area contributed by atoms with E-state index in [0.717, 1.165) is 12.1 Å². The summed E-state index contributed by atoms with van der Waals surface area (Å²) in [5.41, 5.74) is 7.93. The summed E-state index contributed by atoms with van der Waals surface area (Å²) in [6, 6.07) is 4.63. The van der Waals surface area contributed by atoms with Crippen molar-refractivity contribution in [3.05, 3.63) is 34.7 Å². The molecule has 0 radical (unpaired) electrons. The summed E-state index contributed by atoms with van der Waals surface area (Å²) in [6.07, 6.45) is 1.04. The fourth-order valence-corrected chi connectivity index (χ4v) is 2.84. The molecular formula is C14H15ClFN3. The van der Waals surface area contributed by atoms with E-state index in [0.29, 0.717) is 27.9 Å². The predicted octanol–water partition coefficient (Wildman–Crippen LogP) is 3.96. The number of hydrogen-bond acceptors (Lipinski definition) is 2. The first-order valence-electron chi connectivity index (χ1n) is 6.20. The Hall–Kier alpha value is -1.55. The van der Waals surface area contributed by atoms with E-state index in [-0.39, 0.29) is 11.2 Å².